The molecule has 1 aliphatic carbocycles. The first kappa shape index (κ1) is 23.3. The Hall–Kier alpha value is -2.87. The van der Waals surface area contributed by atoms with E-state index in [9.17, 15) is 14.4 Å². The molecule has 1 aliphatic heterocycles. The molecule has 0 radical (unpaired) electrons. The Morgan fingerprint density at radius 1 is 1.21 bits per heavy atom. The predicted molar refractivity (Wildman–Crippen MR) is 123 cm³/mol. The smallest absolute Gasteiger partial charge is 0.358 e. The lowest BCUT2D eigenvalue weighted by Gasteiger charge is -2.44. The second kappa shape index (κ2) is 9.55. The van der Waals surface area contributed by atoms with Gasteiger partial charge in [0.05, 0.1) is 13.7 Å². The average molecular weight is 473 g/mol. The van der Waals surface area contributed by atoms with Crippen LogP contribution in [-0.2, 0) is 22.6 Å². The number of hydrogen-bond acceptors (Lipinski definition) is 5. The molecule has 0 saturated heterocycles. The van der Waals surface area contributed by atoms with Gasteiger partial charge in [-0.15, -0.1) is 0 Å². The molecule has 1 fully saturated rings. The highest BCUT2D eigenvalue weighted by Crippen LogP contribution is 2.31. The largest absolute Gasteiger partial charge is 0.464 e. The monoisotopic (exact) mass is 472 g/mol. The van der Waals surface area contributed by atoms with E-state index in [0.29, 0.717) is 5.02 Å². The van der Waals surface area contributed by atoms with E-state index < -0.39 is 11.5 Å². The van der Waals surface area contributed by atoms with Gasteiger partial charge in [-0.2, -0.15) is 5.10 Å². The van der Waals surface area contributed by atoms with Crippen molar-refractivity contribution in [2.24, 2.45) is 0 Å². The van der Waals surface area contributed by atoms with E-state index in [1.165, 1.54) is 30.7 Å². The molecule has 4 rings (SSSR count). The molecule has 1 saturated carbocycles. The maximum absolute atomic E-state index is 13.7. The van der Waals surface area contributed by atoms with Crippen LogP contribution in [0.3, 0.4) is 0 Å². The third-order valence-electron chi connectivity index (χ3n) is 6.66. The van der Waals surface area contributed by atoms with Gasteiger partial charge in [0.15, 0.2) is 5.69 Å². The number of hydrogen-bond donors (Lipinski definition) is 1. The Bertz CT molecular complexity index is 1060. The van der Waals surface area contributed by atoms with Gasteiger partial charge in [0, 0.05) is 23.7 Å². The van der Waals surface area contributed by atoms with Crippen molar-refractivity contribution < 1.29 is 19.1 Å². The molecule has 0 spiro atoms. The number of methoxy groups -OCH3 is 1. The summed E-state index contributed by atoms with van der Waals surface area (Å²) in [6.07, 6.45) is 6.37. The molecule has 1 aromatic heterocycles. The second-order valence-corrected chi connectivity index (χ2v) is 9.39. The molecular formula is C24H29ClN4O4. The maximum atomic E-state index is 13.7. The number of carbonyl (C=O) groups is 3. The van der Waals surface area contributed by atoms with Crippen LogP contribution in [0.25, 0.3) is 0 Å². The first-order valence-corrected chi connectivity index (χ1v) is 11.7. The van der Waals surface area contributed by atoms with Crippen LogP contribution in [-0.4, -0.2) is 51.2 Å². The summed E-state index contributed by atoms with van der Waals surface area (Å²) in [5.74, 6) is -1.25. The van der Waals surface area contributed by atoms with E-state index >= 15 is 0 Å². The fraction of sp³-hybridized carbons (Fsp3) is 0.500. The predicted octanol–water partition coefficient (Wildman–Crippen LogP) is 3.58. The van der Waals surface area contributed by atoms with Crippen LogP contribution < -0.4 is 5.32 Å². The van der Waals surface area contributed by atoms with Crippen molar-refractivity contribution in [1.29, 1.82) is 0 Å². The summed E-state index contributed by atoms with van der Waals surface area (Å²) in [6.45, 7) is 2.02. The minimum absolute atomic E-state index is 0.0342. The summed E-state index contributed by atoms with van der Waals surface area (Å²) in [5, 5.41) is 7.97. The number of nitrogens with zero attached hydrogens (tertiary/aromatic N) is 3. The molecule has 8 nitrogen and oxygen atoms in total. The molecule has 0 unspecified atom stereocenters. The summed E-state index contributed by atoms with van der Waals surface area (Å²) in [6, 6.07) is 8.76. The molecule has 33 heavy (non-hydrogen) atoms. The van der Waals surface area contributed by atoms with Crippen LogP contribution in [0.2, 0.25) is 5.02 Å². The fourth-order valence-electron chi connectivity index (χ4n) is 4.66. The SMILES string of the molecule is COC(=O)c1cc2n(n1)C[C@@](C)(C(=O)NC1CCCCCC1)N(Cc1ccccc1Cl)C2=O. The minimum atomic E-state index is -1.21. The number of ether oxygens (including phenoxy) is 1. The summed E-state index contributed by atoms with van der Waals surface area (Å²) in [7, 11) is 1.26. The van der Waals surface area contributed by atoms with Crippen molar-refractivity contribution in [3.8, 4) is 0 Å². The summed E-state index contributed by atoms with van der Waals surface area (Å²) >= 11 is 6.39. The lowest BCUT2D eigenvalue weighted by Crippen LogP contribution is -2.64. The normalized spacial score (nSPS) is 21.3. The van der Waals surface area contributed by atoms with Crippen molar-refractivity contribution in [2.45, 2.75) is 70.1 Å². The van der Waals surface area contributed by atoms with Gasteiger partial charge in [0.1, 0.15) is 11.2 Å². The molecule has 2 aliphatic rings. The Balaban J connectivity index is 1.70. The Kier molecular flexibility index (Phi) is 6.74. The van der Waals surface area contributed by atoms with E-state index in [4.69, 9.17) is 16.3 Å². The number of amides is 2. The van der Waals surface area contributed by atoms with Crippen LogP contribution >= 0.6 is 11.6 Å². The Labute approximate surface area is 198 Å². The number of esters is 1. The van der Waals surface area contributed by atoms with E-state index in [0.717, 1.165) is 31.2 Å². The number of aromatic nitrogens is 2. The van der Waals surface area contributed by atoms with E-state index in [1.807, 2.05) is 18.2 Å². The van der Waals surface area contributed by atoms with Gasteiger partial charge < -0.3 is 15.0 Å². The molecule has 0 bridgehead atoms. The van der Waals surface area contributed by atoms with Crippen LogP contribution in [0.4, 0.5) is 0 Å². The van der Waals surface area contributed by atoms with Gasteiger partial charge in [-0.1, -0.05) is 55.5 Å². The fourth-order valence-corrected chi connectivity index (χ4v) is 4.85. The lowest BCUT2D eigenvalue weighted by atomic mass is 9.93. The first-order valence-electron chi connectivity index (χ1n) is 11.4. The lowest BCUT2D eigenvalue weighted by molar-refractivity contribution is -0.134. The first-order chi connectivity index (χ1) is 15.8. The van der Waals surface area contributed by atoms with Crippen molar-refractivity contribution in [3.63, 3.8) is 0 Å². The number of fused-ring (bicyclic) bond motifs is 1. The molecule has 2 amide bonds. The second-order valence-electron chi connectivity index (χ2n) is 8.98. The standard InChI is InChI=1S/C24H29ClN4O4/c1-24(23(32)26-17-10-5-3-4-6-11-17)15-29-20(13-19(27-29)22(31)33-2)21(30)28(24)14-16-9-7-8-12-18(16)25/h7-9,12-13,17H,3-6,10-11,14-15H2,1-2H3,(H,26,32)/t24-/m0/s1. The zero-order valence-corrected chi connectivity index (χ0v) is 19.7. The summed E-state index contributed by atoms with van der Waals surface area (Å²) < 4.78 is 6.20. The number of nitrogens with one attached hydrogen (secondary N) is 1. The number of rotatable bonds is 5. The van der Waals surface area contributed by atoms with Gasteiger partial charge in [-0.3, -0.25) is 14.3 Å². The number of halogens is 1. The van der Waals surface area contributed by atoms with Crippen LogP contribution in [0.5, 0.6) is 0 Å². The molecule has 176 valence electrons. The van der Waals surface area contributed by atoms with Crippen molar-refractivity contribution in [3.05, 3.63) is 52.3 Å². The van der Waals surface area contributed by atoms with E-state index in [-0.39, 0.29) is 42.3 Å². The van der Waals surface area contributed by atoms with Crippen LogP contribution in [0.1, 0.15) is 72.0 Å². The highest BCUT2D eigenvalue weighted by Gasteiger charge is 2.48. The third kappa shape index (κ3) is 4.62. The van der Waals surface area contributed by atoms with Crippen LogP contribution in [0, 0.1) is 0 Å². The van der Waals surface area contributed by atoms with E-state index in [2.05, 4.69) is 10.4 Å². The van der Waals surface area contributed by atoms with Gasteiger partial charge in [0.25, 0.3) is 5.91 Å². The quantitative estimate of drug-likeness (QED) is 0.530. The topological polar surface area (TPSA) is 93.5 Å². The van der Waals surface area contributed by atoms with Gasteiger partial charge in [-0.25, -0.2) is 4.79 Å². The highest BCUT2D eigenvalue weighted by atomic mass is 35.5. The van der Waals surface area contributed by atoms with Crippen molar-refractivity contribution >= 4 is 29.4 Å². The Morgan fingerprint density at radius 2 is 1.91 bits per heavy atom. The molecule has 9 heteroatoms. The zero-order chi connectivity index (χ0) is 23.6. The Morgan fingerprint density at radius 3 is 2.58 bits per heavy atom. The van der Waals surface area contributed by atoms with E-state index in [1.54, 1.807) is 17.9 Å². The maximum Gasteiger partial charge on any atom is 0.358 e. The molecule has 1 aromatic carbocycles. The number of carbonyl (C=O) groups excluding carboxylic acids is 3. The average Bonchev–Trinajstić information content (AvgIpc) is 3.05. The van der Waals surface area contributed by atoms with Gasteiger partial charge in [0.2, 0.25) is 5.91 Å². The molecule has 1 N–H and O–H groups in total. The zero-order valence-electron chi connectivity index (χ0n) is 19.0. The molecular weight excluding hydrogens is 444 g/mol. The molecule has 2 heterocycles. The number of benzene rings is 1. The molecule has 2 aromatic rings. The minimum Gasteiger partial charge on any atom is -0.464 e. The highest BCUT2D eigenvalue weighted by molar-refractivity contribution is 6.31. The van der Waals surface area contributed by atoms with Gasteiger partial charge >= 0.3 is 5.97 Å². The van der Waals surface area contributed by atoms with Gasteiger partial charge in [-0.05, 0) is 31.4 Å². The summed E-state index contributed by atoms with van der Waals surface area (Å²) in [4.78, 5) is 40.8. The third-order valence-corrected chi connectivity index (χ3v) is 7.03. The molecule has 1 atom stereocenters. The summed E-state index contributed by atoms with van der Waals surface area (Å²) in [5.41, 5.74) is -0.203. The van der Waals surface area contributed by atoms with Crippen molar-refractivity contribution in [2.75, 3.05) is 7.11 Å². The van der Waals surface area contributed by atoms with Crippen LogP contribution in [0.15, 0.2) is 30.3 Å². The van der Waals surface area contributed by atoms with Crippen molar-refractivity contribution in [1.82, 2.24) is 20.0 Å².